The van der Waals surface area contributed by atoms with Crippen LogP contribution in [-0.2, 0) is 6.42 Å². The summed E-state index contributed by atoms with van der Waals surface area (Å²) >= 11 is 0. The predicted octanol–water partition coefficient (Wildman–Crippen LogP) is 3.94. The van der Waals surface area contributed by atoms with E-state index in [0.717, 1.165) is 68.6 Å². The van der Waals surface area contributed by atoms with Gasteiger partial charge in [0.05, 0.1) is 0 Å². The molecule has 3 N–H and O–H groups in total. The Morgan fingerprint density at radius 3 is 2.67 bits per heavy atom. The Morgan fingerprint density at radius 1 is 1.07 bits per heavy atom. The van der Waals surface area contributed by atoms with Gasteiger partial charge in [0.2, 0.25) is 0 Å². The van der Waals surface area contributed by atoms with E-state index in [1.165, 1.54) is 23.7 Å². The van der Waals surface area contributed by atoms with Crippen LogP contribution in [0.2, 0.25) is 0 Å². The van der Waals surface area contributed by atoms with Crippen LogP contribution in [0.4, 0.5) is 5.69 Å². The zero-order valence-electron chi connectivity index (χ0n) is 17.4. The molecule has 4 rings (SSSR count). The summed E-state index contributed by atoms with van der Waals surface area (Å²) in [5, 5.41) is 7.51. The van der Waals surface area contributed by atoms with E-state index >= 15 is 0 Å². The lowest BCUT2D eigenvalue weighted by Gasteiger charge is -2.25. The molecule has 0 saturated carbocycles. The van der Waals surface area contributed by atoms with E-state index in [2.05, 4.69) is 23.1 Å². The average Bonchev–Trinajstić information content (AvgIpc) is 3.03. The second kappa shape index (κ2) is 9.16. The number of anilines is 1. The Hall–Kier alpha value is -3.08. The number of nitrogens with zero attached hydrogens (tertiary/aromatic N) is 2. The molecular formula is C25H30N4O. The van der Waals surface area contributed by atoms with E-state index in [9.17, 15) is 4.79 Å². The minimum atomic E-state index is 0.158. The van der Waals surface area contributed by atoms with Crippen molar-refractivity contribution in [2.75, 3.05) is 31.1 Å². The van der Waals surface area contributed by atoms with Gasteiger partial charge in [-0.15, -0.1) is 0 Å². The molecule has 1 atom stereocenters. The van der Waals surface area contributed by atoms with Crippen LogP contribution in [0, 0.1) is 11.3 Å². The molecule has 1 unspecified atom stereocenters. The number of nitrogens with two attached hydrogens (primary N) is 1. The Balaban J connectivity index is 1.38. The quantitative estimate of drug-likeness (QED) is 0.744. The van der Waals surface area contributed by atoms with E-state index in [1.807, 2.05) is 35.2 Å². The molecule has 1 saturated heterocycles. The highest BCUT2D eigenvalue weighted by Crippen LogP contribution is 2.32. The second-order valence-electron chi connectivity index (χ2n) is 8.26. The molecule has 5 heteroatoms. The maximum atomic E-state index is 12.8. The molecule has 1 fully saturated rings. The Bertz CT molecular complexity index is 937. The van der Waals surface area contributed by atoms with Gasteiger partial charge in [-0.3, -0.25) is 4.79 Å². The highest BCUT2D eigenvalue weighted by atomic mass is 16.2. The molecule has 30 heavy (non-hydrogen) atoms. The third kappa shape index (κ3) is 4.25. The Morgan fingerprint density at radius 2 is 1.90 bits per heavy atom. The topological polar surface area (TPSA) is 73.4 Å². The van der Waals surface area contributed by atoms with Crippen LogP contribution in [-0.4, -0.2) is 43.2 Å². The molecule has 2 aliphatic rings. The highest BCUT2D eigenvalue weighted by molar-refractivity contribution is 6.08. The summed E-state index contributed by atoms with van der Waals surface area (Å²) in [6.45, 7) is 3.77. The van der Waals surface area contributed by atoms with Crippen LogP contribution >= 0.6 is 0 Å². The van der Waals surface area contributed by atoms with Crippen molar-refractivity contribution in [1.82, 2.24) is 4.90 Å². The molecule has 0 bridgehead atoms. The summed E-state index contributed by atoms with van der Waals surface area (Å²) in [5.41, 5.74) is 10.8. The van der Waals surface area contributed by atoms with Gasteiger partial charge in [-0.1, -0.05) is 24.3 Å². The molecular weight excluding hydrogens is 372 g/mol. The van der Waals surface area contributed by atoms with Crippen LogP contribution in [0.15, 0.2) is 54.7 Å². The van der Waals surface area contributed by atoms with E-state index < -0.39 is 0 Å². The highest BCUT2D eigenvalue weighted by Gasteiger charge is 2.26. The summed E-state index contributed by atoms with van der Waals surface area (Å²) in [5.74, 6) is 0.760. The zero-order chi connectivity index (χ0) is 20.9. The fourth-order valence-corrected chi connectivity index (χ4v) is 4.69. The number of fused-ring (bicyclic) bond motifs is 1. The standard InChI is InChI=1S/C25H30N4O/c26-16-23(17-27)21-8-9-24-22(15-21)11-14-29(24)18-19-5-4-12-28(13-10-19)25(30)20-6-2-1-3-7-20/h1-3,6-9,15-17,19,26H,4-5,10-14,18,27H2/b23-17+,26-16?. The summed E-state index contributed by atoms with van der Waals surface area (Å²) in [6.07, 6.45) is 7.11. The lowest BCUT2D eigenvalue weighted by Crippen LogP contribution is -2.32. The third-order valence-electron chi connectivity index (χ3n) is 6.37. The fourth-order valence-electron chi connectivity index (χ4n) is 4.69. The summed E-state index contributed by atoms with van der Waals surface area (Å²) in [4.78, 5) is 17.3. The van der Waals surface area contributed by atoms with Crippen molar-refractivity contribution in [1.29, 1.82) is 5.41 Å². The normalized spacial score (nSPS) is 19.3. The van der Waals surface area contributed by atoms with Crippen molar-refractivity contribution in [2.24, 2.45) is 11.7 Å². The number of allylic oxidation sites excluding steroid dienone is 1. The molecule has 2 aromatic carbocycles. The van der Waals surface area contributed by atoms with Crippen molar-refractivity contribution in [2.45, 2.75) is 25.7 Å². The Labute approximate surface area is 178 Å². The van der Waals surface area contributed by atoms with Crippen molar-refractivity contribution >= 4 is 23.4 Å². The van der Waals surface area contributed by atoms with E-state index in [-0.39, 0.29) is 5.91 Å². The van der Waals surface area contributed by atoms with Crippen molar-refractivity contribution in [3.8, 4) is 0 Å². The first-order valence-corrected chi connectivity index (χ1v) is 10.8. The maximum Gasteiger partial charge on any atom is 0.253 e. The van der Waals surface area contributed by atoms with E-state index in [4.69, 9.17) is 11.1 Å². The third-order valence-corrected chi connectivity index (χ3v) is 6.37. The fraction of sp³-hybridized carbons (Fsp3) is 0.360. The van der Waals surface area contributed by atoms with Gasteiger partial charge in [0.15, 0.2) is 0 Å². The Kier molecular flexibility index (Phi) is 6.17. The van der Waals surface area contributed by atoms with E-state index in [1.54, 1.807) is 0 Å². The molecule has 2 aliphatic heterocycles. The molecule has 1 amide bonds. The average molecular weight is 403 g/mol. The number of rotatable bonds is 5. The smallest absolute Gasteiger partial charge is 0.253 e. The number of carbonyl (C=O) groups is 1. The SMILES string of the molecule is N=C/C(=C\N)c1ccc2c(c1)CCN2CC1CCCN(C(=O)c2ccccc2)CC1. The minimum absolute atomic E-state index is 0.158. The molecule has 2 heterocycles. The van der Waals surface area contributed by atoms with Gasteiger partial charge >= 0.3 is 0 Å². The number of likely N-dealkylation sites (tertiary alicyclic amines) is 1. The van der Waals surface area contributed by atoms with Gasteiger partial charge in [-0.25, -0.2) is 0 Å². The monoisotopic (exact) mass is 402 g/mol. The number of nitrogens with one attached hydrogen (secondary N) is 1. The van der Waals surface area contributed by atoms with Gasteiger partial charge in [-0.2, -0.15) is 0 Å². The number of hydrogen-bond acceptors (Lipinski definition) is 4. The van der Waals surface area contributed by atoms with Crippen molar-refractivity contribution in [3.63, 3.8) is 0 Å². The van der Waals surface area contributed by atoms with Gasteiger partial charge in [0.25, 0.3) is 5.91 Å². The molecule has 0 radical (unpaired) electrons. The van der Waals surface area contributed by atoms with Gasteiger partial charge in [0.1, 0.15) is 0 Å². The largest absolute Gasteiger partial charge is 0.404 e. The minimum Gasteiger partial charge on any atom is -0.404 e. The van der Waals surface area contributed by atoms with Gasteiger partial charge in [0, 0.05) is 55.4 Å². The van der Waals surface area contributed by atoms with Crippen LogP contribution in [0.5, 0.6) is 0 Å². The van der Waals surface area contributed by atoms with Crippen LogP contribution < -0.4 is 10.6 Å². The first-order valence-electron chi connectivity index (χ1n) is 10.8. The number of benzene rings is 2. The predicted molar refractivity (Wildman–Crippen MR) is 123 cm³/mol. The van der Waals surface area contributed by atoms with Crippen LogP contribution in [0.1, 0.15) is 40.7 Å². The van der Waals surface area contributed by atoms with Gasteiger partial charge < -0.3 is 20.9 Å². The maximum absolute atomic E-state index is 12.8. The lowest BCUT2D eigenvalue weighted by atomic mass is 9.99. The van der Waals surface area contributed by atoms with E-state index in [0.29, 0.717) is 5.92 Å². The first kappa shape index (κ1) is 20.2. The molecule has 2 aromatic rings. The molecule has 156 valence electrons. The zero-order valence-corrected chi connectivity index (χ0v) is 17.4. The molecule has 0 spiro atoms. The van der Waals surface area contributed by atoms with Crippen LogP contribution in [0.3, 0.4) is 0 Å². The van der Waals surface area contributed by atoms with Crippen LogP contribution in [0.25, 0.3) is 5.57 Å². The molecule has 0 aliphatic carbocycles. The molecule has 0 aromatic heterocycles. The van der Waals surface area contributed by atoms with Crippen molar-refractivity contribution < 1.29 is 4.79 Å². The number of amides is 1. The lowest BCUT2D eigenvalue weighted by molar-refractivity contribution is 0.0760. The number of carbonyl (C=O) groups excluding carboxylic acids is 1. The summed E-state index contributed by atoms with van der Waals surface area (Å²) in [6, 6.07) is 16.0. The number of hydrogen-bond donors (Lipinski definition) is 2. The van der Waals surface area contributed by atoms with Gasteiger partial charge in [-0.05, 0) is 67.0 Å². The first-order chi connectivity index (χ1) is 14.7. The molecule has 5 nitrogen and oxygen atoms in total. The van der Waals surface area contributed by atoms with Crippen molar-refractivity contribution in [3.05, 3.63) is 71.4 Å². The second-order valence-corrected chi connectivity index (χ2v) is 8.26. The summed E-state index contributed by atoms with van der Waals surface area (Å²) < 4.78 is 0. The summed E-state index contributed by atoms with van der Waals surface area (Å²) in [7, 11) is 0.